The summed E-state index contributed by atoms with van der Waals surface area (Å²) in [6.07, 6.45) is 14.2. The number of hydrogen-bond acceptors (Lipinski definition) is 7. The third-order valence-electron chi connectivity index (χ3n) is 10.8. The van der Waals surface area contributed by atoms with Crippen LogP contribution >= 0.6 is 0 Å². The summed E-state index contributed by atoms with van der Waals surface area (Å²) in [5.74, 6) is -1.05. The minimum atomic E-state index is -3.90. The number of ether oxygens (including phenoxy) is 1. The monoisotopic (exact) mass is 705 g/mol. The smallest absolute Gasteiger partial charge is 0.321 e. The van der Waals surface area contributed by atoms with E-state index in [0.29, 0.717) is 51.2 Å². The number of carbonyl (C=O) groups is 3. The molecule has 2 aromatic rings. The molecular formula is C38H51N5O6S. The van der Waals surface area contributed by atoms with Crippen molar-refractivity contribution in [1.82, 2.24) is 24.4 Å². The highest BCUT2D eigenvalue weighted by molar-refractivity contribution is 7.91. The van der Waals surface area contributed by atoms with Gasteiger partial charge in [0.05, 0.1) is 11.8 Å². The number of urea groups is 1. The van der Waals surface area contributed by atoms with Crippen LogP contribution in [0.25, 0.3) is 16.8 Å². The molecule has 4 aliphatic rings. The maximum atomic E-state index is 14.6. The summed E-state index contributed by atoms with van der Waals surface area (Å²) >= 11 is 0. The number of unbranched alkanes of at least 4 members (excludes halogenated alkanes) is 1. The fraction of sp³-hybridized carbons (Fsp3) is 0.579. The largest absolute Gasteiger partial charge is 0.469 e. The van der Waals surface area contributed by atoms with Crippen LogP contribution in [-0.4, -0.2) is 94.6 Å². The minimum Gasteiger partial charge on any atom is -0.469 e. The Balaban J connectivity index is 1.37. The van der Waals surface area contributed by atoms with Crippen LogP contribution in [0, 0.1) is 5.92 Å². The number of fused-ring (bicyclic) bond motifs is 3. The number of allylic oxidation sites excluding steroid dienone is 1. The molecule has 2 saturated carbocycles. The van der Waals surface area contributed by atoms with E-state index in [9.17, 15) is 22.8 Å². The Morgan fingerprint density at radius 3 is 2.68 bits per heavy atom. The standard InChI is InChI=1S/C38H51N5O6S/c1-5-7-18-37-19-22-41(26-37)33(44)25-43(38(24-30(38)6-2)35(45)40-50(47,48)31-15-16-31)36(46)42(27(3)4)21-11-9-8-10-12-28-13-14-29-17-20-39-34(49-37)32(29)23-28/h6,10,12-14,17,20,23,27,30-31H,2,5,7-9,11,15-16,18-19,21-22,24-26H2,1,3-4H3,(H,40,45)/t30-,37?,38-/m1/s1. The fourth-order valence-electron chi connectivity index (χ4n) is 7.48. The van der Waals surface area contributed by atoms with Crippen molar-refractivity contribution in [3.05, 3.63) is 54.8 Å². The van der Waals surface area contributed by atoms with E-state index < -0.39 is 44.3 Å². The van der Waals surface area contributed by atoms with Crippen molar-refractivity contribution in [3.8, 4) is 5.88 Å². The Bertz CT molecular complexity index is 1770. The van der Waals surface area contributed by atoms with Crippen molar-refractivity contribution in [2.75, 3.05) is 26.2 Å². The average molecular weight is 706 g/mol. The lowest BCUT2D eigenvalue weighted by atomic mass is 9.95. The Labute approximate surface area is 296 Å². The third-order valence-corrected chi connectivity index (χ3v) is 12.6. The molecule has 0 radical (unpaired) electrons. The van der Waals surface area contributed by atoms with Crippen molar-refractivity contribution in [2.24, 2.45) is 5.92 Å². The molecule has 4 bridgehead atoms. The molecule has 1 aromatic carbocycles. The van der Waals surface area contributed by atoms with E-state index in [2.05, 4.69) is 53.6 Å². The fourth-order valence-corrected chi connectivity index (χ4v) is 8.84. The van der Waals surface area contributed by atoms with Gasteiger partial charge in [0.1, 0.15) is 17.7 Å². The van der Waals surface area contributed by atoms with Gasteiger partial charge >= 0.3 is 6.03 Å². The first-order valence-electron chi connectivity index (χ1n) is 18.2. The number of pyridine rings is 1. The van der Waals surface area contributed by atoms with Crippen LogP contribution in [0.15, 0.2) is 49.2 Å². The van der Waals surface area contributed by atoms with Gasteiger partial charge in [-0.25, -0.2) is 18.2 Å². The van der Waals surface area contributed by atoms with E-state index in [1.165, 1.54) is 4.90 Å². The highest BCUT2D eigenvalue weighted by atomic mass is 32.2. The molecule has 3 fully saturated rings. The first-order chi connectivity index (χ1) is 23.9. The van der Waals surface area contributed by atoms with Crippen LogP contribution in [0.5, 0.6) is 5.88 Å². The van der Waals surface area contributed by atoms with Crippen molar-refractivity contribution >= 4 is 44.7 Å². The zero-order valence-electron chi connectivity index (χ0n) is 29.6. The van der Waals surface area contributed by atoms with E-state index in [1.807, 2.05) is 19.9 Å². The number of nitrogens with zero attached hydrogens (tertiary/aromatic N) is 4. The molecule has 3 atom stereocenters. The summed E-state index contributed by atoms with van der Waals surface area (Å²) < 4.78 is 35.1. The van der Waals surface area contributed by atoms with Gasteiger partial charge in [-0.15, -0.1) is 6.58 Å². The van der Waals surface area contributed by atoms with Gasteiger partial charge in [0.15, 0.2) is 0 Å². The van der Waals surface area contributed by atoms with Crippen LogP contribution < -0.4 is 9.46 Å². The molecule has 1 N–H and O–H groups in total. The number of carbonyl (C=O) groups excluding carboxylic acids is 3. The van der Waals surface area contributed by atoms with E-state index in [1.54, 1.807) is 22.1 Å². The van der Waals surface area contributed by atoms with E-state index in [-0.39, 0.29) is 24.9 Å². The zero-order chi connectivity index (χ0) is 35.7. The summed E-state index contributed by atoms with van der Waals surface area (Å²) in [6, 6.07) is 7.55. The summed E-state index contributed by atoms with van der Waals surface area (Å²) in [5.41, 5.74) is -1.18. The Morgan fingerprint density at radius 2 is 1.98 bits per heavy atom. The lowest BCUT2D eigenvalue weighted by Gasteiger charge is -2.38. The molecule has 3 heterocycles. The molecule has 12 heteroatoms. The minimum absolute atomic E-state index is 0.190. The Hall–Kier alpha value is -3.93. The van der Waals surface area contributed by atoms with Gasteiger partial charge < -0.3 is 14.5 Å². The quantitative estimate of drug-likeness (QED) is 0.334. The Morgan fingerprint density at radius 1 is 1.18 bits per heavy atom. The molecule has 1 aromatic heterocycles. The third kappa shape index (κ3) is 7.27. The summed E-state index contributed by atoms with van der Waals surface area (Å²) in [5, 5.41) is 1.32. The number of nitrogens with one attached hydrogen (secondary N) is 1. The second-order valence-corrected chi connectivity index (χ2v) is 16.7. The van der Waals surface area contributed by atoms with Gasteiger partial charge in [-0.3, -0.25) is 19.2 Å². The van der Waals surface area contributed by atoms with Crippen LogP contribution in [0.2, 0.25) is 0 Å². The summed E-state index contributed by atoms with van der Waals surface area (Å²) in [4.78, 5) is 52.4. The predicted molar refractivity (Wildman–Crippen MR) is 194 cm³/mol. The first kappa shape index (κ1) is 35.9. The van der Waals surface area contributed by atoms with Crippen molar-refractivity contribution in [1.29, 1.82) is 0 Å². The van der Waals surface area contributed by atoms with E-state index >= 15 is 0 Å². The van der Waals surface area contributed by atoms with Crippen molar-refractivity contribution in [2.45, 2.75) is 107 Å². The summed E-state index contributed by atoms with van der Waals surface area (Å²) in [6.45, 7) is 10.6. The van der Waals surface area contributed by atoms with Gasteiger partial charge in [0, 0.05) is 43.1 Å². The maximum absolute atomic E-state index is 14.6. The number of aromatic nitrogens is 1. The van der Waals surface area contributed by atoms with Gasteiger partial charge in [0.2, 0.25) is 21.8 Å². The van der Waals surface area contributed by atoms with Crippen LogP contribution in [-0.2, 0) is 19.6 Å². The molecule has 1 unspecified atom stereocenters. The second-order valence-electron chi connectivity index (χ2n) is 14.8. The number of sulfonamides is 1. The van der Waals surface area contributed by atoms with Crippen LogP contribution in [0.4, 0.5) is 4.79 Å². The first-order valence-corrected chi connectivity index (χ1v) is 19.8. The van der Waals surface area contributed by atoms with Crippen LogP contribution in [0.3, 0.4) is 0 Å². The molecule has 2 aliphatic heterocycles. The van der Waals surface area contributed by atoms with Crippen molar-refractivity contribution in [3.63, 3.8) is 0 Å². The van der Waals surface area contributed by atoms with Gasteiger partial charge in [-0.1, -0.05) is 43.7 Å². The predicted octanol–water partition coefficient (Wildman–Crippen LogP) is 5.66. The number of benzene rings is 1. The van der Waals surface area contributed by atoms with Gasteiger partial charge in [-0.2, -0.15) is 0 Å². The maximum Gasteiger partial charge on any atom is 0.321 e. The summed E-state index contributed by atoms with van der Waals surface area (Å²) in [7, 11) is -3.90. The molecule has 1 saturated heterocycles. The number of hydrogen-bond donors (Lipinski definition) is 1. The lowest BCUT2D eigenvalue weighted by Crippen LogP contribution is -2.61. The normalized spacial score (nSPS) is 26.5. The van der Waals surface area contributed by atoms with E-state index in [4.69, 9.17) is 4.74 Å². The van der Waals surface area contributed by atoms with Gasteiger partial charge in [-0.05, 0) is 88.3 Å². The van der Waals surface area contributed by atoms with Crippen molar-refractivity contribution < 1.29 is 27.5 Å². The molecule has 270 valence electrons. The van der Waals surface area contributed by atoms with E-state index in [0.717, 1.165) is 48.4 Å². The van der Waals surface area contributed by atoms with Crippen LogP contribution in [0.1, 0.15) is 90.5 Å². The number of rotatable bonds is 9. The SMILES string of the molecule is C=C[C@@H]1C[C@@]1(C(=O)NS(=O)(=O)C1CC1)N1CC(=O)N2CCC(CCCC)(C2)Oc2nccc3ccc(cc23)C=CCCCCN(C(C)C)C1=O. The molecule has 11 nitrogen and oxygen atoms in total. The highest BCUT2D eigenvalue weighted by Gasteiger charge is 2.66. The second kappa shape index (κ2) is 14.4. The lowest BCUT2D eigenvalue weighted by molar-refractivity contribution is -0.134. The molecule has 4 amide bonds. The number of amides is 4. The highest BCUT2D eigenvalue weighted by Crippen LogP contribution is 2.51. The topological polar surface area (TPSA) is 129 Å². The molecule has 2 aliphatic carbocycles. The average Bonchev–Trinajstić information content (AvgIpc) is 4.02. The molecule has 50 heavy (non-hydrogen) atoms. The molecular weight excluding hydrogens is 655 g/mol. The Kier molecular flexibility index (Phi) is 10.3. The molecule has 0 spiro atoms. The molecule has 6 rings (SSSR count). The zero-order valence-corrected chi connectivity index (χ0v) is 30.4. The van der Waals surface area contributed by atoms with Gasteiger partial charge in [0.25, 0.3) is 5.91 Å².